The molecule has 2 aromatic rings. The number of hydrogen-bond acceptors (Lipinski definition) is 5. The van der Waals surface area contributed by atoms with Gasteiger partial charge in [0.25, 0.3) is 0 Å². The molecule has 1 N–H and O–H groups in total. The van der Waals surface area contributed by atoms with Crippen LogP contribution in [0.5, 0.6) is 11.5 Å². The van der Waals surface area contributed by atoms with Crippen LogP contribution in [0.2, 0.25) is 0 Å². The number of piperidine rings is 1. The summed E-state index contributed by atoms with van der Waals surface area (Å²) in [5.41, 5.74) is 1.92. The van der Waals surface area contributed by atoms with Crippen molar-refractivity contribution in [1.29, 1.82) is 0 Å². The van der Waals surface area contributed by atoms with Gasteiger partial charge in [0.1, 0.15) is 0 Å². The Morgan fingerprint density at radius 1 is 1.09 bits per heavy atom. The summed E-state index contributed by atoms with van der Waals surface area (Å²) in [6.45, 7) is 6.87. The lowest BCUT2D eigenvalue weighted by molar-refractivity contribution is -0.126. The Labute approximate surface area is 190 Å². The maximum Gasteiger partial charge on any atom is 0.243 e. The highest BCUT2D eigenvalue weighted by Crippen LogP contribution is 2.29. The number of methoxy groups -OCH3 is 1. The maximum atomic E-state index is 12.8. The summed E-state index contributed by atoms with van der Waals surface area (Å²) in [6.07, 6.45) is 1.04. The van der Waals surface area contributed by atoms with Crippen molar-refractivity contribution in [3.05, 3.63) is 53.6 Å². The number of sulfonamides is 1. The number of nitrogens with one attached hydrogen (secondary N) is 1. The Morgan fingerprint density at radius 2 is 1.75 bits per heavy atom. The standard InChI is InChI=1S/C24H32N2O5S/c1-17(2)31-22-10-7-19(15-23(22)30-4)16-25-24(27)20-11-13-26(14-12-20)32(28,29)21-8-5-18(3)6-9-21/h5-10,15,17,20H,11-14,16H2,1-4H3,(H,25,27). The second-order valence-corrected chi connectivity index (χ2v) is 10.3. The van der Waals surface area contributed by atoms with Crippen LogP contribution >= 0.6 is 0 Å². The van der Waals surface area contributed by atoms with Crippen molar-refractivity contribution in [1.82, 2.24) is 9.62 Å². The monoisotopic (exact) mass is 460 g/mol. The van der Waals surface area contributed by atoms with Crippen LogP contribution in [0.4, 0.5) is 0 Å². The van der Waals surface area contributed by atoms with E-state index in [2.05, 4.69) is 5.32 Å². The number of amides is 1. The van der Waals surface area contributed by atoms with Gasteiger partial charge in [-0.05, 0) is 63.4 Å². The van der Waals surface area contributed by atoms with Crippen LogP contribution in [0, 0.1) is 12.8 Å². The molecule has 0 aliphatic carbocycles. The van der Waals surface area contributed by atoms with Crippen molar-refractivity contribution in [3.63, 3.8) is 0 Å². The molecule has 0 aromatic heterocycles. The van der Waals surface area contributed by atoms with Gasteiger partial charge < -0.3 is 14.8 Å². The summed E-state index contributed by atoms with van der Waals surface area (Å²) in [7, 11) is -1.94. The van der Waals surface area contributed by atoms with Crippen LogP contribution in [0.15, 0.2) is 47.4 Å². The zero-order valence-corrected chi connectivity index (χ0v) is 19.9. The van der Waals surface area contributed by atoms with E-state index in [9.17, 15) is 13.2 Å². The van der Waals surface area contributed by atoms with Crippen molar-refractivity contribution < 1.29 is 22.7 Å². The molecule has 1 amide bonds. The minimum Gasteiger partial charge on any atom is -0.493 e. The summed E-state index contributed by atoms with van der Waals surface area (Å²) in [6, 6.07) is 12.5. The van der Waals surface area contributed by atoms with E-state index in [1.54, 1.807) is 31.4 Å². The summed E-state index contributed by atoms with van der Waals surface area (Å²) in [5.74, 6) is 1.03. The topological polar surface area (TPSA) is 84.9 Å². The van der Waals surface area contributed by atoms with Crippen LogP contribution in [0.1, 0.15) is 37.8 Å². The summed E-state index contributed by atoms with van der Waals surface area (Å²) >= 11 is 0. The molecule has 0 unspecified atom stereocenters. The van der Waals surface area contributed by atoms with Crippen molar-refractivity contribution in [2.45, 2.75) is 51.2 Å². The number of nitrogens with zero attached hydrogens (tertiary/aromatic N) is 1. The molecular formula is C24H32N2O5S. The first-order valence-corrected chi connectivity index (χ1v) is 12.3. The number of carbonyl (C=O) groups excluding carboxylic acids is 1. The summed E-state index contributed by atoms with van der Waals surface area (Å²) in [5, 5.41) is 2.97. The molecule has 8 heteroatoms. The van der Waals surface area contributed by atoms with Crippen molar-refractivity contribution in [2.75, 3.05) is 20.2 Å². The predicted molar refractivity (Wildman–Crippen MR) is 123 cm³/mol. The fourth-order valence-electron chi connectivity index (χ4n) is 3.72. The fraction of sp³-hybridized carbons (Fsp3) is 0.458. The van der Waals surface area contributed by atoms with Gasteiger partial charge in [0, 0.05) is 25.6 Å². The molecule has 1 aliphatic rings. The van der Waals surface area contributed by atoms with Gasteiger partial charge in [-0.15, -0.1) is 0 Å². The van der Waals surface area contributed by atoms with Gasteiger partial charge in [-0.3, -0.25) is 4.79 Å². The predicted octanol–water partition coefficient (Wildman–Crippen LogP) is 3.51. The molecule has 0 saturated carbocycles. The van der Waals surface area contributed by atoms with Crippen LogP contribution in [-0.4, -0.2) is 44.9 Å². The maximum absolute atomic E-state index is 12.8. The molecule has 1 saturated heterocycles. The Kier molecular flexibility index (Phi) is 7.79. The first-order chi connectivity index (χ1) is 15.2. The molecule has 0 bridgehead atoms. The number of benzene rings is 2. The fourth-order valence-corrected chi connectivity index (χ4v) is 5.19. The van der Waals surface area contributed by atoms with Gasteiger partial charge in [-0.25, -0.2) is 8.42 Å². The summed E-state index contributed by atoms with van der Waals surface area (Å²) < 4.78 is 38.3. The van der Waals surface area contributed by atoms with Crippen LogP contribution in [0.25, 0.3) is 0 Å². The lowest BCUT2D eigenvalue weighted by Crippen LogP contribution is -2.42. The third-order valence-electron chi connectivity index (χ3n) is 5.54. The van der Waals surface area contributed by atoms with E-state index in [0.29, 0.717) is 48.9 Å². The van der Waals surface area contributed by atoms with Crippen LogP contribution in [-0.2, 0) is 21.4 Å². The van der Waals surface area contributed by atoms with E-state index < -0.39 is 10.0 Å². The molecule has 0 radical (unpaired) electrons. The van der Waals surface area contributed by atoms with Gasteiger partial charge >= 0.3 is 0 Å². The van der Waals surface area contributed by atoms with E-state index in [1.165, 1.54) is 4.31 Å². The zero-order valence-electron chi connectivity index (χ0n) is 19.1. The number of aryl methyl sites for hydroxylation is 1. The van der Waals surface area contributed by atoms with Crippen LogP contribution in [0.3, 0.4) is 0 Å². The largest absolute Gasteiger partial charge is 0.493 e. The number of rotatable bonds is 8. The Balaban J connectivity index is 1.54. The first kappa shape index (κ1) is 24.1. The highest BCUT2D eigenvalue weighted by molar-refractivity contribution is 7.89. The van der Waals surface area contributed by atoms with Gasteiger partial charge in [-0.1, -0.05) is 23.8 Å². The van der Waals surface area contributed by atoms with Crippen molar-refractivity contribution >= 4 is 15.9 Å². The Morgan fingerprint density at radius 3 is 2.34 bits per heavy atom. The molecule has 1 fully saturated rings. The Bertz CT molecular complexity index is 1030. The highest BCUT2D eigenvalue weighted by Gasteiger charge is 2.32. The smallest absolute Gasteiger partial charge is 0.243 e. The molecule has 174 valence electrons. The van der Waals surface area contributed by atoms with E-state index >= 15 is 0 Å². The number of hydrogen-bond donors (Lipinski definition) is 1. The molecule has 1 aliphatic heterocycles. The average Bonchev–Trinajstić information content (AvgIpc) is 2.78. The lowest BCUT2D eigenvalue weighted by atomic mass is 9.97. The average molecular weight is 461 g/mol. The molecule has 2 aromatic carbocycles. The van der Waals surface area contributed by atoms with Gasteiger partial charge in [0.05, 0.1) is 18.1 Å². The molecule has 0 spiro atoms. The second kappa shape index (κ2) is 10.4. The van der Waals surface area contributed by atoms with E-state index in [-0.39, 0.29) is 17.9 Å². The van der Waals surface area contributed by atoms with Gasteiger partial charge in [-0.2, -0.15) is 4.31 Å². The zero-order chi connectivity index (χ0) is 23.3. The second-order valence-electron chi connectivity index (χ2n) is 8.36. The Hall–Kier alpha value is -2.58. The minimum absolute atomic E-state index is 0.0372. The van der Waals surface area contributed by atoms with Gasteiger partial charge in [0.2, 0.25) is 15.9 Å². The first-order valence-electron chi connectivity index (χ1n) is 10.9. The third-order valence-corrected chi connectivity index (χ3v) is 7.45. The molecular weight excluding hydrogens is 428 g/mol. The highest BCUT2D eigenvalue weighted by atomic mass is 32.2. The van der Waals surface area contributed by atoms with Crippen molar-refractivity contribution in [3.8, 4) is 11.5 Å². The third kappa shape index (κ3) is 5.81. The summed E-state index contributed by atoms with van der Waals surface area (Å²) in [4.78, 5) is 13.0. The van der Waals surface area contributed by atoms with E-state index in [0.717, 1.165) is 11.1 Å². The lowest BCUT2D eigenvalue weighted by Gasteiger charge is -2.30. The van der Waals surface area contributed by atoms with Crippen LogP contribution < -0.4 is 14.8 Å². The van der Waals surface area contributed by atoms with E-state index in [4.69, 9.17) is 9.47 Å². The van der Waals surface area contributed by atoms with E-state index in [1.807, 2.05) is 39.0 Å². The quantitative estimate of drug-likeness (QED) is 0.652. The molecule has 1 heterocycles. The number of carbonyl (C=O) groups is 1. The molecule has 7 nitrogen and oxygen atoms in total. The molecule has 0 atom stereocenters. The number of ether oxygens (including phenoxy) is 2. The SMILES string of the molecule is COc1cc(CNC(=O)C2CCN(S(=O)(=O)c3ccc(C)cc3)CC2)ccc1OC(C)C. The van der Waals surface area contributed by atoms with Crippen molar-refractivity contribution in [2.24, 2.45) is 5.92 Å². The minimum atomic E-state index is -3.53. The molecule has 3 rings (SSSR count). The molecule has 32 heavy (non-hydrogen) atoms. The normalized spacial score (nSPS) is 15.5. The van der Waals surface area contributed by atoms with Gasteiger partial charge in [0.15, 0.2) is 11.5 Å².